The lowest BCUT2D eigenvalue weighted by Gasteiger charge is -2.13. The molecule has 0 spiro atoms. The summed E-state index contributed by atoms with van der Waals surface area (Å²) >= 11 is 0. The average Bonchev–Trinajstić information content (AvgIpc) is 2.29. The summed E-state index contributed by atoms with van der Waals surface area (Å²) < 4.78 is 18.7. The molecule has 0 bridgehead atoms. The van der Waals surface area contributed by atoms with Crippen LogP contribution in [0.4, 0.5) is 4.39 Å². The first-order valence-corrected chi connectivity index (χ1v) is 5.89. The summed E-state index contributed by atoms with van der Waals surface area (Å²) in [7, 11) is 0. The van der Waals surface area contributed by atoms with Gasteiger partial charge in [-0.15, -0.1) is 0 Å². The molecule has 1 N–H and O–H groups in total. The normalized spacial score (nSPS) is 11.4. The Labute approximate surface area is 102 Å². The van der Waals surface area contributed by atoms with Crippen LogP contribution in [0.1, 0.15) is 26.3 Å². The Kier molecular flexibility index (Phi) is 5.70. The third-order valence-corrected chi connectivity index (χ3v) is 2.29. The van der Waals surface area contributed by atoms with E-state index in [-0.39, 0.29) is 5.82 Å². The van der Waals surface area contributed by atoms with Gasteiger partial charge in [0.05, 0.1) is 0 Å². The first-order valence-electron chi connectivity index (χ1n) is 5.89. The van der Waals surface area contributed by atoms with Crippen molar-refractivity contribution in [2.75, 3.05) is 6.61 Å². The van der Waals surface area contributed by atoms with Crippen LogP contribution >= 0.6 is 0 Å². The van der Waals surface area contributed by atoms with Crippen LogP contribution in [0.5, 0.6) is 5.75 Å². The van der Waals surface area contributed by atoms with Crippen LogP contribution in [-0.2, 0) is 6.54 Å². The van der Waals surface area contributed by atoms with E-state index in [0.29, 0.717) is 19.2 Å². The fourth-order valence-electron chi connectivity index (χ4n) is 1.38. The van der Waals surface area contributed by atoms with E-state index in [0.717, 1.165) is 11.3 Å². The van der Waals surface area contributed by atoms with E-state index in [1.165, 1.54) is 12.1 Å². The molecule has 0 radical (unpaired) electrons. The number of halogens is 1. The molecule has 94 valence electrons. The molecule has 0 fully saturated rings. The molecule has 2 nitrogen and oxygen atoms in total. The second-order valence-electron chi connectivity index (χ2n) is 4.17. The molecule has 3 heteroatoms. The van der Waals surface area contributed by atoms with E-state index in [9.17, 15) is 4.39 Å². The third kappa shape index (κ3) is 5.00. The van der Waals surface area contributed by atoms with Gasteiger partial charge in [-0.05, 0) is 25.1 Å². The summed E-state index contributed by atoms with van der Waals surface area (Å²) in [6.45, 7) is 7.17. The summed E-state index contributed by atoms with van der Waals surface area (Å²) in [5.41, 5.74) is 0.850. The predicted octanol–water partition coefficient (Wildman–Crippen LogP) is 3.28. The maximum atomic E-state index is 13.2. The summed E-state index contributed by atoms with van der Waals surface area (Å²) in [5, 5.41) is 3.26. The van der Waals surface area contributed by atoms with Gasteiger partial charge in [-0.1, -0.05) is 26.0 Å². The lowest BCUT2D eigenvalue weighted by atomic mass is 10.2. The average molecular weight is 237 g/mol. The molecule has 0 aromatic heterocycles. The zero-order valence-electron chi connectivity index (χ0n) is 10.7. The van der Waals surface area contributed by atoms with Crippen molar-refractivity contribution < 1.29 is 9.13 Å². The smallest absolute Gasteiger partial charge is 0.124 e. The Balaban J connectivity index is 2.72. The summed E-state index contributed by atoms with van der Waals surface area (Å²) in [4.78, 5) is 0. The Bertz CT molecular complexity index is 374. The lowest BCUT2D eigenvalue weighted by Crippen LogP contribution is -2.22. The SMILES string of the molecule is C/C=C/COc1ccc(F)cc1CNC(C)C. The van der Waals surface area contributed by atoms with Gasteiger partial charge in [0.25, 0.3) is 0 Å². The highest BCUT2D eigenvalue weighted by atomic mass is 19.1. The molecular formula is C14H20FNO. The van der Waals surface area contributed by atoms with E-state index >= 15 is 0 Å². The van der Waals surface area contributed by atoms with Gasteiger partial charge in [-0.2, -0.15) is 0 Å². The number of allylic oxidation sites excluding steroid dienone is 1. The van der Waals surface area contributed by atoms with Gasteiger partial charge in [0.2, 0.25) is 0 Å². The number of rotatable bonds is 6. The number of hydrogen-bond acceptors (Lipinski definition) is 2. The summed E-state index contributed by atoms with van der Waals surface area (Å²) in [6, 6.07) is 4.97. The van der Waals surface area contributed by atoms with Crippen molar-refractivity contribution in [2.24, 2.45) is 0 Å². The highest BCUT2D eigenvalue weighted by Gasteiger charge is 2.05. The van der Waals surface area contributed by atoms with Crippen molar-refractivity contribution in [1.82, 2.24) is 5.32 Å². The van der Waals surface area contributed by atoms with Gasteiger partial charge in [-0.25, -0.2) is 4.39 Å². The van der Waals surface area contributed by atoms with Crippen molar-refractivity contribution >= 4 is 0 Å². The molecule has 0 aliphatic rings. The molecule has 1 aromatic rings. The van der Waals surface area contributed by atoms with Crippen molar-refractivity contribution in [2.45, 2.75) is 33.4 Å². The maximum absolute atomic E-state index is 13.2. The van der Waals surface area contributed by atoms with Crippen LogP contribution in [0.15, 0.2) is 30.4 Å². The molecule has 0 unspecified atom stereocenters. The van der Waals surface area contributed by atoms with Crippen molar-refractivity contribution in [3.63, 3.8) is 0 Å². The standard InChI is InChI=1S/C14H20FNO/c1-4-5-8-17-14-7-6-13(15)9-12(14)10-16-11(2)3/h4-7,9,11,16H,8,10H2,1-3H3/b5-4+. The van der Waals surface area contributed by atoms with Crippen LogP contribution in [0.2, 0.25) is 0 Å². The molecule has 0 amide bonds. The first kappa shape index (κ1) is 13.7. The Morgan fingerprint density at radius 2 is 2.18 bits per heavy atom. The minimum atomic E-state index is -0.232. The number of nitrogens with one attached hydrogen (secondary N) is 1. The minimum absolute atomic E-state index is 0.232. The van der Waals surface area contributed by atoms with Gasteiger partial charge < -0.3 is 10.1 Å². The topological polar surface area (TPSA) is 21.3 Å². The third-order valence-electron chi connectivity index (χ3n) is 2.29. The molecule has 0 atom stereocenters. The molecule has 0 aliphatic heterocycles. The Hall–Kier alpha value is -1.35. The zero-order valence-corrected chi connectivity index (χ0v) is 10.7. The van der Waals surface area contributed by atoms with Crippen LogP contribution in [0.25, 0.3) is 0 Å². The maximum Gasteiger partial charge on any atom is 0.124 e. The molecule has 0 saturated heterocycles. The zero-order chi connectivity index (χ0) is 12.7. The van der Waals surface area contributed by atoms with E-state index in [4.69, 9.17) is 4.74 Å². The fraction of sp³-hybridized carbons (Fsp3) is 0.429. The molecule has 0 saturated carbocycles. The largest absolute Gasteiger partial charge is 0.489 e. The van der Waals surface area contributed by atoms with E-state index in [1.807, 2.05) is 19.1 Å². The molecule has 0 heterocycles. The summed E-state index contributed by atoms with van der Waals surface area (Å²) in [6.07, 6.45) is 3.85. The van der Waals surface area contributed by atoms with Crippen LogP contribution in [0.3, 0.4) is 0 Å². The highest BCUT2D eigenvalue weighted by Crippen LogP contribution is 2.19. The van der Waals surface area contributed by atoms with Gasteiger partial charge >= 0.3 is 0 Å². The number of benzene rings is 1. The Morgan fingerprint density at radius 1 is 1.41 bits per heavy atom. The van der Waals surface area contributed by atoms with Crippen LogP contribution in [0, 0.1) is 5.82 Å². The molecule has 17 heavy (non-hydrogen) atoms. The predicted molar refractivity (Wildman–Crippen MR) is 68.7 cm³/mol. The van der Waals surface area contributed by atoms with Crippen LogP contribution in [-0.4, -0.2) is 12.6 Å². The lowest BCUT2D eigenvalue weighted by molar-refractivity contribution is 0.355. The van der Waals surface area contributed by atoms with Crippen molar-refractivity contribution in [3.05, 3.63) is 41.7 Å². The second-order valence-corrected chi connectivity index (χ2v) is 4.17. The van der Waals surface area contributed by atoms with Crippen molar-refractivity contribution in [1.29, 1.82) is 0 Å². The molecule has 1 aromatic carbocycles. The number of hydrogen-bond donors (Lipinski definition) is 1. The van der Waals surface area contributed by atoms with Gasteiger partial charge in [-0.3, -0.25) is 0 Å². The summed E-state index contributed by atoms with van der Waals surface area (Å²) in [5.74, 6) is 0.501. The Morgan fingerprint density at radius 3 is 2.82 bits per heavy atom. The van der Waals surface area contributed by atoms with Gasteiger partial charge in [0.1, 0.15) is 18.2 Å². The highest BCUT2D eigenvalue weighted by molar-refractivity contribution is 5.34. The van der Waals surface area contributed by atoms with E-state index in [2.05, 4.69) is 19.2 Å². The van der Waals surface area contributed by atoms with E-state index in [1.54, 1.807) is 6.07 Å². The van der Waals surface area contributed by atoms with Gasteiger partial charge in [0, 0.05) is 18.2 Å². The molecular weight excluding hydrogens is 217 g/mol. The molecule has 1 rings (SSSR count). The minimum Gasteiger partial charge on any atom is -0.489 e. The monoisotopic (exact) mass is 237 g/mol. The van der Waals surface area contributed by atoms with Crippen LogP contribution < -0.4 is 10.1 Å². The first-order chi connectivity index (χ1) is 8.13. The second kappa shape index (κ2) is 7.07. The fourth-order valence-corrected chi connectivity index (χ4v) is 1.38. The van der Waals surface area contributed by atoms with Gasteiger partial charge in [0.15, 0.2) is 0 Å². The molecule has 0 aliphatic carbocycles. The van der Waals surface area contributed by atoms with Crippen molar-refractivity contribution in [3.8, 4) is 5.75 Å². The van der Waals surface area contributed by atoms with E-state index < -0.39 is 0 Å². The quantitative estimate of drug-likeness (QED) is 0.767. The number of ether oxygens (including phenoxy) is 1.